The van der Waals surface area contributed by atoms with Gasteiger partial charge in [0, 0.05) is 16.9 Å². The molecule has 66 valence electrons. The minimum Gasteiger partial charge on any atom is -0.251 e. The predicted molar refractivity (Wildman–Crippen MR) is 54.4 cm³/mol. The predicted octanol–water partition coefficient (Wildman–Crippen LogP) is 2.35. The number of hydrogen-bond donors (Lipinski definition) is 0. The summed E-state index contributed by atoms with van der Waals surface area (Å²) in [7, 11) is 0. The van der Waals surface area contributed by atoms with Gasteiger partial charge in [-0.1, -0.05) is 6.92 Å². The molecule has 0 bridgehead atoms. The summed E-state index contributed by atoms with van der Waals surface area (Å²) < 4.78 is 0.929. The van der Waals surface area contributed by atoms with Crippen LogP contribution in [0.5, 0.6) is 0 Å². The lowest BCUT2D eigenvalue weighted by Gasteiger charge is -1.98. The van der Waals surface area contributed by atoms with Gasteiger partial charge in [0.2, 0.25) is 0 Å². The van der Waals surface area contributed by atoms with Gasteiger partial charge < -0.3 is 0 Å². The van der Waals surface area contributed by atoms with Gasteiger partial charge in [0.15, 0.2) is 5.65 Å². The lowest BCUT2D eigenvalue weighted by atomic mass is 10.3. The molecule has 2 aromatic heterocycles. The first-order valence-corrected chi connectivity index (χ1v) is 4.86. The lowest BCUT2D eigenvalue weighted by molar-refractivity contribution is 1.02. The zero-order chi connectivity index (χ0) is 9.26. The van der Waals surface area contributed by atoms with Crippen LogP contribution in [0, 0.1) is 0 Å². The molecule has 3 nitrogen and oxygen atoms in total. The van der Waals surface area contributed by atoms with E-state index in [0.717, 1.165) is 22.1 Å². The van der Waals surface area contributed by atoms with Crippen molar-refractivity contribution in [2.24, 2.45) is 0 Å². The fraction of sp³-hybridized carbons (Fsp3) is 0.222. The molecule has 0 unspecified atom stereocenters. The van der Waals surface area contributed by atoms with Crippen LogP contribution in [0.25, 0.3) is 11.2 Å². The van der Waals surface area contributed by atoms with E-state index in [0.29, 0.717) is 5.65 Å². The summed E-state index contributed by atoms with van der Waals surface area (Å²) in [6.45, 7) is 2.05. The summed E-state index contributed by atoms with van der Waals surface area (Å²) in [5.41, 5.74) is 2.51. The van der Waals surface area contributed by atoms with Gasteiger partial charge in [-0.15, -0.1) is 0 Å². The summed E-state index contributed by atoms with van der Waals surface area (Å²) in [6.07, 6.45) is 4.41. The first-order valence-electron chi connectivity index (χ1n) is 4.07. The molecule has 2 rings (SSSR count). The Bertz CT molecular complexity index is 442. The molecule has 0 fully saturated rings. The third kappa shape index (κ3) is 1.67. The Morgan fingerprint density at radius 1 is 1.31 bits per heavy atom. The average Bonchev–Trinajstić information content (AvgIpc) is 2.17. The van der Waals surface area contributed by atoms with Gasteiger partial charge in [-0.2, -0.15) is 0 Å². The molecule has 2 aromatic rings. The van der Waals surface area contributed by atoms with E-state index >= 15 is 0 Å². The number of halogens is 1. The fourth-order valence-corrected chi connectivity index (χ4v) is 1.40. The highest BCUT2D eigenvalue weighted by atomic mass is 79.9. The van der Waals surface area contributed by atoms with Crippen LogP contribution < -0.4 is 0 Å². The van der Waals surface area contributed by atoms with Crippen LogP contribution in [0.1, 0.15) is 12.6 Å². The molecule has 4 heteroatoms. The zero-order valence-electron chi connectivity index (χ0n) is 7.16. The third-order valence-corrected chi connectivity index (χ3v) is 2.21. The van der Waals surface area contributed by atoms with Crippen molar-refractivity contribution in [3.8, 4) is 0 Å². The van der Waals surface area contributed by atoms with Gasteiger partial charge in [0.25, 0.3) is 0 Å². The lowest BCUT2D eigenvalue weighted by Crippen LogP contribution is -1.92. The van der Waals surface area contributed by atoms with E-state index in [1.54, 1.807) is 12.4 Å². The minimum absolute atomic E-state index is 0.711. The SMILES string of the molecule is CCc1cnc2cc(Br)cnc2n1. The third-order valence-electron chi connectivity index (χ3n) is 1.78. The zero-order valence-corrected chi connectivity index (χ0v) is 8.74. The van der Waals surface area contributed by atoms with Gasteiger partial charge in [-0.25, -0.2) is 9.97 Å². The molecule has 13 heavy (non-hydrogen) atoms. The molecule has 0 aliphatic carbocycles. The number of aromatic nitrogens is 3. The van der Waals surface area contributed by atoms with E-state index in [9.17, 15) is 0 Å². The Morgan fingerprint density at radius 2 is 2.15 bits per heavy atom. The fourth-order valence-electron chi connectivity index (χ4n) is 1.08. The molecule has 0 aliphatic rings. The second kappa shape index (κ2) is 3.38. The van der Waals surface area contributed by atoms with Crippen LogP contribution >= 0.6 is 15.9 Å². The molecule has 2 heterocycles. The van der Waals surface area contributed by atoms with Crippen LogP contribution in [0.2, 0.25) is 0 Å². The average molecular weight is 238 g/mol. The van der Waals surface area contributed by atoms with Crippen LogP contribution in [-0.2, 0) is 6.42 Å². The second-order valence-electron chi connectivity index (χ2n) is 2.71. The summed E-state index contributed by atoms with van der Waals surface area (Å²) in [4.78, 5) is 12.8. The van der Waals surface area contributed by atoms with Gasteiger partial charge in [0.1, 0.15) is 5.52 Å². The number of pyridine rings is 1. The molecule has 0 N–H and O–H groups in total. The van der Waals surface area contributed by atoms with E-state index < -0.39 is 0 Å². The normalized spacial score (nSPS) is 10.6. The van der Waals surface area contributed by atoms with E-state index in [2.05, 4.69) is 37.8 Å². The Balaban J connectivity index is 2.66. The Morgan fingerprint density at radius 3 is 2.92 bits per heavy atom. The Labute approximate surface area is 84.4 Å². The van der Waals surface area contributed by atoms with Crippen molar-refractivity contribution in [3.05, 3.63) is 28.6 Å². The molecule has 0 spiro atoms. The Hall–Kier alpha value is -1.03. The van der Waals surface area contributed by atoms with Gasteiger partial charge in [-0.05, 0) is 28.4 Å². The standard InChI is InChI=1S/C9H8BrN3/c1-2-7-5-11-8-3-6(10)4-12-9(8)13-7/h3-5H,2H2,1H3. The van der Waals surface area contributed by atoms with Crippen molar-refractivity contribution in [2.45, 2.75) is 13.3 Å². The van der Waals surface area contributed by atoms with Gasteiger partial charge in [0.05, 0.1) is 5.69 Å². The monoisotopic (exact) mass is 237 g/mol. The summed E-state index contributed by atoms with van der Waals surface area (Å²) in [5, 5.41) is 0. The van der Waals surface area contributed by atoms with Crippen LogP contribution in [-0.4, -0.2) is 15.0 Å². The molecule has 0 aromatic carbocycles. The number of fused-ring (bicyclic) bond motifs is 1. The van der Waals surface area contributed by atoms with E-state index in [1.165, 1.54) is 0 Å². The highest BCUT2D eigenvalue weighted by Gasteiger charge is 1.99. The van der Waals surface area contributed by atoms with E-state index in [4.69, 9.17) is 0 Å². The maximum Gasteiger partial charge on any atom is 0.178 e. The first-order chi connectivity index (χ1) is 6.29. The molecule has 0 saturated heterocycles. The van der Waals surface area contributed by atoms with Crippen molar-refractivity contribution in [1.29, 1.82) is 0 Å². The number of nitrogens with zero attached hydrogens (tertiary/aromatic N) is 3. The maximum absolute atomic E-state index is 4.34. The number of rotatable bonds is 1. The summed E-state index contributed by atoms with van der Waals surface area (Å²) in [5.74, 6) is 0. The van der Waals surface area contributed by atoms with Crippen molar-refractivity contribution < 1.29 is 0 Å². The largest absolute Gasteiger partial charge is 0.251 e. The summed E-state index contributed by atoms with van der Waals surface area (Å²) >= 11 is 3.34. The molecule has 0 amide bonds. The summed E-state index contributed by atoms with van der Waals surface area (Å²) in [6, 6.07) is 1.91. The smallest absolute Gasteiger partial charge is 0.178 e. The quantitative estimate of drug-likeness (QED) is 0.765. The van der Waals surface area contributed by atoms with Crippen molar-refractivity contribution in [3.63, 3.8) is 0 Å². The molecular weight excluding hydrogens is 230 g/mol. The molecule has 0 saturated carbocycles. The molecular formula is C9H8BrN3. The first kappa shape index (κ1) is 8.56. The second-order valence-corrected chi connectivity index (χ2v) is 3.63. The molecule has 0 atom stereocenters. The van der Waals surface area contributed by atoms with Gasteiger partial charge >= 0.3 is 0 Å². The van der Waals surface area contributed by atoms with Crippen LogP contribution in [0.3, 0.4) is 0 Å². The van der Waals surface area contributed by atoms with Crippen molar-refractivity contribution in [1.82, 2.24) is 15.0 Å². The number of aryl methyl sites for hydroxylation is 1. The Kier molecular flexibility index (Phi) is 2.22. The van der Waals surface area contributed by atoms with E-state index in [-0.39, 0.29) is 0 Å². The van der Waals surface area contributed by atoms with Crippen LogP contribution in [0.4, 0.5) is 0 Å². The minimum atomic E-state index is 0.711. The molecule has 0 aliphatic heterocycles. The van der Waals surface area contributed by atoms with E-state index in [1.807, 2.05) is 6.07 Å². The highest BCUT2D eigenvalue weighted by Crippen LogP contribution is 2.13. The maximum atomic E-state index is 4.34. The van der Waals surface area contributed by atoms with Crippen LogP contribution in [0.15, 0.2) is 22.9 Å². The van der Waals surface area contributed by atoms with Crippen molar-refractivity contribution >= 4 is 27.1 Å². The molecule has 0 radical (unpaired) electrons. The topological polar surface area (TPSA) is 38.7 Å². The van der Waals surface area contributed by atoms with Gasteiger partial charge in [-0.3, -0.25) is 4.98 Å². The van der Waals surface area contributed by atoms with Crippen molar-refractivity contribution in [2.75, 3.05) is 0 Å². The highest BCUT2D eigenvalue weighted by molar-refractivity contribution is 9.10. The number of hydrogen-bond acceptors (Lipinski definition) is 3.